The van der Waals surface area contributed by atoms with E-state index in [2.05, 4.69) is 20.7 Å². The fourth-order valence-corrected chi connectivity index (χ4v) is 8.25. The van der Waals surface area contributed by atoms with E-state index < -0.39 is 39.8 Å². The number of carbonyl (C=O) groups is 1. The standard InChI is InChI=1S/C35H53N5O9S/c1-45-29-17-23(18-30(46-2)34(29)41)31-24-19-27-28(49-22-48-27)20-25(24)33(26-21-47-35(42)32(26)31)40-50(43,44)16-15-39-14-8-7-13-38-12-6-5-11-37-10-4-3-9-36/h17-20,26,31-33,37-41H,3-16,21-22,36H2,1-2H3. The number of benzene rings is 2. The monoisotopic (exact) mass is 719 g/mol. The number of sulfonamides is 1. The quantitative estimate of drug-likeness (QED) is 0.0767. The second kappa shape index (κ2) is 18.2. The first-order chi connectivity index (χ1) is 24.3. The number of nitrogens with one attached hydrogen (secondary N) is 4. The Bertz CT molecular complexity index is 1520. The van der Waals surface area contributed by atoms with Crippen molar-refractivity contribution in [1.82, 2.24) is 20.7 Å². The Hall–Kier alpha value is -3.34. The van der Waals surface area contributed by atoms with Gasteiger partial charge in [-0.25, -0.2) is 13.1 Å². The van der Waals surface area contributed by atoms with Gasteiger partial charge in [-0.3, -0.25) is 4.79 Å². The van der Waals surface area contributed by atoms with Crippen LogP contribution in [0.15, 0.2) is 24.3 Å². The van der Waals surface area contributed by atoms with E-state index in [9.17, 15) is 18.3 Å². The number of fused-ring (bicyclic) bond motifs is 3. The first-order valence-electron chi connectivity index (χ1n) is 17.6. The Morgan fingerprint density at radius 1 is 0.800 bits per heavy atom. The summed E-state index contributed by atoms with van der Waals surface area (Å²) in [7, 11) is -0.901. The number of hydrogen-bond donors (Lipinski definition) is 6. The molecule has 1 saturated heterocycles. The van der Waals surface area contributed by atoms with Crippen LogP contribution in [-0.2, 0) is 19.6 Å². The summed E-state index contributed by atoms with van der Waals surface area (Å²) in [6.07, 6.45) is 6.40. The molecule has 0 spiro atoms. The smallest absolute Gasteiger partial charge is 0.310 e. The van der Waals surface area contributed by atoms with Gasteiger partial charge in [0, 0.05) is 18.4 Å². The summed E-state index contributed by atoms with van der Waals surface area (Å²) >= 11 is 0. The Kier molecular flexibility index (Phi) is 13.8. The minimum atomic E-state index is -3.77. The number of rotatable bonds is 22. The minimum absolute atomic E-state index is 0.0325. The zero-order valence-corrected chi connectivity index (χ0v) is 29.9. The number of aromatic hydroxyl groups is 1. The maximum Gasteiger partial charge on any atom is 0.310 e. The molecule has 1 aliphatic carbocycles. The van der Waals surface area contributed by atoms with Gasteiger partial charge in [0.15, 0.2) is 23.0 Å². The third kappa shape index (κ3) is 9.30. The van der Waals surface area contributed by atoms with Gasteiger partial charge in [-0.2, -0.15) is 0 Å². The lowest BCUT2D eigenvalue weighted by atomic mass is 9.65. The molecular formula is C35H53N5O9S. The zero-order chi connectivity index (χ0) is 35.5. The van der Waals surface area contributed by atoms with Gasteiger partial charge in [-0.15, -0.1) is 0 Å². The first-order valence-corrected chi connectivity index (χ1v) is 19.3. The number of nitrogens with two attached hydrogens (primary N) is 1. The normalized spacial score (nSPS) is 20.7. The molecule has 50 heavy (non-hydrogen) atoms. The molecular weight excluding hydrogens is 666 g/mol. The van der Waals surface area contributed by atoms with Gasteiger partial charge in [0.25, 0.3) is 0 Å². The molecule has 7 N–H and O–H groups in total. The number of carbonyl (C=O) groups excluding carboxylic acids is 1. The highest BCUT2D eigenvalue weighted by Gasteiger charge is 2.53. The molecule has 4 atom stereocenters. The van der Waals surface area contributed by atoms with Crippen molar-refractivity contribution in [3.8, 4) is 28.7 Å². The second-order valence-electron chi connectivity index (χ2n) is 13.0. The van der Waals surface area contributed by atoms with Crippen LogP contribution < -0.4 is 45.4 Å². The molecule has 14 nitrogen and oxygen atoms in total. The van der Waals surface area contributed by atoms with Crippen molar-refractivity contribution in [1.29, 1.82) is 0 Å². The highest BCUT2D eigenvalue weighted by Crippen LogP contribution is 2.55. The van der Waals surface area contributed by atoms with E-state index in [1.807, 2.05) is 0 Å². The van der Waals surface area contributed by atoms with Crippen LogP contribution in [0.5, 0.6) is 28.7 Å². The number of phenols is 1. The molecule has 0 radical (unpaired) electrons. The molecule has 0 aromatic heterocycles. The first kappa shape index (κ1) is 37.9. The lowest BCUT2D eigenvalue weighted by molar-refractivity contribution is -0.141. The Morgan fingerprint density at radius 2 is 1.34 bits per heavy atom. The van der Waals surface area contributed by atoms with Crippen molar-refractivity contribution < 1.29 is 42.0 Å². The number of esters is 1. The van der Waals surface area contributed by atoms with E-state index in [1.54, 1.807) is 24.3 Å². The number of ether oxygens (including phenoxy) is 5. The van der Waals surface area contributed by atoms with Crippen LogP contribution in [0.1, 0.15) is 67.2 Å². The van der Waals surface area contributed by atoms with E-state index in [1.165, 1.54) is 14.2 Å². The summed E-state index contributed by atoms with van der Waals surface area (Å²) in [5, 5.41) is 20.8. The average Bonchev–Trinajstić information content (AvgIpc) is 3.73. The molecule has 2 aliphatic heterocycles. The Labute approximate surface area is 295 Å². The highest BCUT2D eigenvalue weighted by molar-refractivity contribution is 7.89. The van der Waals surface area contributed by atoms with Crippen LogP contribution in [0.2, 0.25) is 0 Å². The fourth-order valence-electron chi connectivity index (χ4n) is 7.04. The highest BCUT2D eigenvalue weighted by atomic mass is 32.2. The van der Waals surface area contributed by atoms with E-state index in [0.29, 0.717) is 41.3 Å². The van der Waals surface area contributed by atoms with Crippen molar-refractivity contribution in [2.45, 2.75) is 50.5 Å². The SMILES string of the molecule is COc1cc(C2c3cc4c(cc3C(NS(=O)(=O)CCNCCCCNCCCCNCCCCN)C3COC(=O)C23)OCO4)cc(OC)c1O. The Morgan fingerprint density at radius 3 is 1.90 bits per heavy atom. The summed E-state index contributed by atoms with van der Waals surface area (Å²) < 4.78 is 57.7. The maximum atomic E-state index is 13.5. The van der Waals surface area contributed by atoms with Crippen LogP contribution in [0.4, 0.5) is 0 Å². The molecule has 2 heterocycles. The summed E-state index contributed by atoms with van der Waals surface area (Å²) in [4.78, 5) is 13.4. The van der Waals surface area contributed by atoms with Crippen LogP contribution in [0, 0.1) is 11.8 Å². The molecule has 3 aliphatic rings. The van der Waals surface area contributed by atoms with Crippen molar-refractivity contribution in [3.05, 3.63) is 41.0 Å². The molecule has 0 amide bonds. The van der Waals surface area contributed by atoms with Gasteiger partial charge in [-0.05, 0) is 119 Å². The van der Waals surface area contributed by atoms with Crippen LogP contribution >= 0.6 is 0 Å². The van der Waals surface area contributed by atoms with Gasteiger partial charge in [0.2, 0.25) is 22.6 Å². The fraction of sp³-hybridized carbons (Fsp3) is 0.629. The van der Waals surface area contributed by atoms with Gasteiger partial charge < -0.3 is 50.5 Å². The molecule has 0 bridgehead atoms. The molecule has 1 fully saturated rings. The molecule has 278 valence electrons. The van der Waals surface area contributed by atoms with E-state index >= 15 is 0 Å². The summed E-state index contributed by atoms with van der Waals surface area (Å²) in [6.45, 7) is 5.82. The molecule has 5 rings (SSSR count). The van der Waals surface area contributed by atoms with E-state index in [0.717, 1.165) is 71.2 Å². The summed E-state index contributed by atoms with van der Waals surface area (Å²) in [5.74, 6) is -1.12. The Balaban J connectivity index is 1.17. The third-order valence-corrected chi connectivity index (χ3v) is 11.0. The largest absolute Gasteiger partial charge is 0.502 e. The van der Waals surface area contributed by atoms with Gasteiger partial charge >= 0.3 is 5.97 Å². The maximum absolute atomic E-state index is 13.5. The zero-order valence-electron chi connectivity index (χ0n) is 29.1. The number of cyclic esters (lactones) is 1. The lowest BCUT2D eigenvalue weighted by Gasteiger charge is -2.39. The summed E-state index contributed by atoms with van der Waals surface area (Å²) in [5.41, 5.74) is 7.53. The number of unbranched alkanes of at least 4 members (excludes halogenated alkanes) is 3. The van der Waals surface area contributed by atoms with Crippen molar-refractivity contribution in [3.63, 3.8) is 0 Å². The van der Waals surface area contributed by atoms with Crippen molar-refractivity contribution >= 4 is 16.0 Å². The van der Waals surface area contributed by atoms with Gasteiger partial charge in [0.05, 0.1) is 38.5 Å². The molecule has 2 aromatic carbocycles. The predicted octanol–water partition coefficient (Wildman–Crippen LogP) is 2.10. The minimum Gasteiger partial charge on any atom is -0.502 e. The third-order valence-electron chi connectivity index (χ3n) is 9.62. The van der Waals surface area contributed by atoms with Crippen LogP contribution in [0.25, 0.3) is 0 Å². The van der Waals surface area contributed by atoms with Crippen LogP contribution in [0.3, 0.4) is 0 Å². The average molecular weight is 720 g/mol. The molecule has 4 unspecified atom stereocenters. The van der Waals surface area contributed by atoms with Gasteiger partial charge in [0.1, 0.15) is 0 Å². The lowest BCUT2D eigenvalue weighted by Crippen LogP contribution is -2.44. The molecule has 2 aromatic rings. The topological polar surface area (TPSA) is 192 Å². The molecule has 0 saturated carbocycles. The predicted molar refractivity (Wildman–Crippen MR) is 189 cm³/mol. The van der Waals surface area contributed by atoms with Crippen molar-refractivity contribution in [2.75, 3.05) is 79.2 Å². The van der Waals surface area contributed by atoms with Crippen LogP contribution in [-0.4, -0.2) is 98.7 Å². The van der Waals surface area contributed by atoms with Gasteiger partial charge in [-0.1, -0.05) is 0 Å². The van der Waals surface area contributed by atoms with E-state index in [4.69, 9.17) is 29.4 Å². The van der Waals surface area contributed by atoms with Crippen molar-refractivity contribution in [2.24, 2.45) is 17.6 Å². The second-order valence-corrected chi connectivity index (χ2v) is 14.9. The molecule has 15 heteroatoms. The number of phenolic OH excluding ortho intramolecular Hbond substituents is 1. The summed E-state index contributed by atoms with van der Waals surface area (Å²) in [6, 6.07) is 6.18. The number of hydrogen-bond acceptors (Lipinski definition) is 13. The van der Waals surface area contributed by atoms with E-state index in [-0.39, 0.29) is 36.4 Å². The number of methoxy groups -OCH3 is 2.